The van der Waals surface area contributed by atoms with Gasteiger partial charge in [0.25, 0.3) is 5.91 Å². The summed E-state index contributed by atoms with van der Waals surface area (Å²) in [4.78, 5) is 14.3. The Balaban J connectivity index is 2.10. The van der Waals surface area contributed by atoms with E-state index in [-0.39, 0.29) is 5.91 Å². The molecule has 0 saturated carbocycles. The van der Waals surface area contributed by atoms with E-state index in [1.807, 2.05) is 4.90 Å². The van der Waals surface area contributed by atoms with Crippen molar-refractivity contribution in [3.8, 4) is 0 Å². The standard InChI is InChI=1S/C14H16Cl4N2O/c15-11-6-4-10(5-7-11)12(21)19-13(14(16,17)18)20-8-2-1-3-9-20/h4-7,13H,1-3,8-9H2,(H,19,21). The highest BCUT2D eigenvalue weighted by molar-refractivity contribution is 6.68. The number of amides is 1. The van der Waals surface area contributed by atoms with Gasteiger partial charge in [-0.05, 0) is 37.1 Å². The molecule has 116 valence electrons. The number of carbonyl (C=O) groups excluding carboxylic acids is 1. The highest BCUT2D eigenvalue weighted by atomic mass is 35.6. The number of piperidine rings is 1. The maximum absolute atomic E-state index is 12.3. The number of nitrogens with zero attached hydrogens (tertiary/aromatic N) is 1. The molecule has 1 heterocycles. The summed E-state index contributed by atoms with van der Waals surface area (Å²) in [6.07, 6.45) is 2.59. The zero-order valence-corrected chi connectivity index (χ0v) is 14.3. The molecule has 0 spiro atoms. The minimum Gasteiger partial charge on any atom is -0.332 e. The van der Waals surface area contributed by atoms with Gasteiger partial charge in [0.1, 0.15) is 6.17 Å². The highest BCUT2D eigenvalue weighted by Crippen LogP contribution is 2.33. The molecule has 21 heavy (non-hydrogen) atoms. The van der Waals surface area contributed by atoms with Crippen LogP contribution in [0.2, 0.25) is 5.02 Å². The number of benzene rings is 1. The Labute approximate surface area is 144 Å². The minimum absolute atomic E-state index is 0.284. The van der Waals surface area contributed by atoms with Crippen LogP contribution in [0, 0.1) is 0 Å². The third-order valence-electron chi connectivity index (χ3n) is 3.44. The molecule has 1 amide bonds. The first-order valence-electron chi connectivity index (χ1n) is 6.75. The van der Waals surface area contributed by atoms with Crippen molar-refractivity contribution in [2.45, 2.75) is 29.2 Å². The third kappa shape index (κ3) is 4.90. The number of rotatable bonds is 3. The van der Waals surface area contributed by atoms with Gasteiger partial charge >= 0.3 is 0 Å². The molecule has 1 aliphatic heterocycles. The Hall–Kier alpha value is -0.190. The fourth-order valence-corrected chi connectivity index (χ4v) is 3.07. The average molecular weight is 370 g/mol. The van der Waals surface area contributed by atoms with Gasteiger partial charge in [0.15, 0.2) is 0 Å². The summed E-state index contributed by atoms with van der Waals surface area (Å²) in [5.41, 5.74) is 0.482. The second-order valence-electron chi connectivity index (χ2n) is 5.02. The quantitative estimate of drug-likeness (QED) is 0.807. The van der Waals surface area contributed by atoms with Gasteiger partial charge in [0, 0.05) is 23.7 Å². The first-order chi connectivity index (χ1) is 9.88. The molecule has 1 atom stereocenters. The number of nitrogens with one attached hydrogen (secondary N) is 1. The monoisotopic (exact) mass is 368 g/mol. The number of alkyl halides is 3. The van der Waals surface area contributed by atoms with Gasteiger partial charge in [-0.15, -0.1) is 0 Å². The molecule has 2 rings (SSSR count). The predicted octanol–water partition coefficient (Wildman–Crippen LogP) is 4.25. The summed E-state index contributed by atoms with van der Waals surface area (Å²) < 4.78 is -1.58. The van der Waals surface area contributed by atoms with Crippen LogP contribution in [0.15, 0.2) is 24.3 Å². The summed E-state index contributed by atoms with van der Waals surface area (Å²) in [7, 11) is 0. The van der Waals surface area contributed by atoms with E-state index >= 15 is 0 Å². The number of likely N-dealkylation sites (tertiary alicyclic amines) is 1. The lowest BCUT2D eigenvalue weighted by Gasteiger charge is -2.38. The van der Waals surface area contributed by atoms with Crippen LogP contribution in [0.1, 0.15) is 29.6 Å². The molecule has 0 aliphatic carbocycles. The minimum atomic E-state index is -1.58. The van der Waals surface area contributed by atoms with E-state index in [1.54, 1.807) is 24.3 Å². The van der Waals surface area contributed by atoms with Crippen LogP contribution in [0.4, 0.5) is 0 Å². The number of hydrogen-bond acceptors (Lipinski definition) is 2. The average Bonchev–Trinajstić information content (AvgIpc) is 2.45. The van der Waals surface area contributed by atoms with Crippen molar-refractivity contribution in [1.82, 2.24) is 10.2 Å². The molecular formula is C14H16Cl4N2O. The topological polar surface area (TPSA) is 32.3 Å². The van der Waals surface area contributed by atoms with Crippen LogP contribution in [0.3, 0.4) is 0 Å². The Morgan fingerprint density at radius 1 is 1.10 bits per heavy atom. The Bertz CT molecular complexity index is 481. The van der Waals surface area contributed by atoms with Gasteiger partial charge < -0.3 is 5.32 Å². The molecular weight excluding hydrogens is 354 g/mol. The van der Waals surface area contributed by atoms with Crippen molar-refractivity contribution in [3.05, 3.63) is 34.9 Å². The van der Waals surface area contributed by atoms with E-state index < -0.39 is 9.96 Å². The van der Waals surface area contributed by atoms with Crippen LogP contribution in [-0.4, -0.2) is 33.9 Å². The highest BCUT2D eigenvalue weighted by Gasteiger charge is 2.38. The van der Waals surface area contributed by atoms with Gasteiger partial charge in [0.05, 0.1) is 0 Å². The molecule has 0 bridgehead atoms. The van der Waals surface area contributed by atoms with E-state index in [1.165, 1.54) is 0 Å². The van der Waals surface area contributed by atoms with Crippen LogP contribution in [0.5, 0.6) is 0 Å². The lowest BCUT2D eigenvalue weighted by atomic mass is 10.1. The zero-order chi connectivity index (χ0) is 15.5. The fourth-order valence-electron chi connectivity index (χ4n) is 2.37. The summed E-state index contributed by atoms with van der Waals surface area (Å²) in [6.45, 7) is 1.61. The molecule has 1 N–H and O–H groups in total. The summed E-state index contributed by atoms with van der Waals surface area (Å²) in [5.74, 6) is -0.284. The second-order valence-corrected chi connectivity index (χ2v) is 7.83. The largest absolute Gasteiger partial charge is 0.332 e. The smallest absolute Gasteiger partial charge is 0.252 e. The summed E-state index contributed by atoms with van der Waals surface area (Å²) in [5, 5.41) is 3.38. The normalized spacial score (nSPS) is 18.3. The molecule has 1 saturated heterocycles. The third-order valence-corrected chi connectivity index (χ3v) is 4.31. The lowest BCUT2D eigenvalue weighted by Crippen LogP contribution is -2.56. The predicted molar refractivity (Wildman–Crippen MR) is 88.4 cm³/mol. The molecule has 1 fully saturated rings. The van der Waals surface area contributed by atoms with Crippen LogP contribution in [-0.2, 0) is 0 Å². The van der Waals surface area contributed by atoms with Gasteiger partial charge in [0.2, 0.25) is 3.79 Å². The summed E-state index contributed by atoms with van der Waals surface area (Å²) in [6, 6.07) is 6.59. The Morgan fingerprint density at radius 2 is 1.67 bits per heavy atom. The first kappa shape index (κ1) is 17.2. The van der Waals surface area contributed by atoms with Gasteiger partial charge in [-0.1, -0.05) is 52.8 Å². The Kier molecular flexibility index (Phi) is 6.04. The molecule has 1 unspecified atom stereocenters. The number of halogens is 4. The van der Waals surface area contributed by atoms with E-state index in [0.717, 1.165) is 32.4 Å². The van der Waals surface area contributed by atoms with Crippen molar-refractivity contribution in [1.29, 1.82) is 0 Å². The van der Waals surface area contributed by atoms with Crippen LogP contribution >= 0.6 is 46.4 Å². The van der Waals surface area contributed by atoms with Gasteiger partial charge in [-0.25, -0.2) is 0 Å². The van der Waals surface area contributed by atoms with Crippen molar-refractivity contribution < 1.29 is 4.79 Å². The maximum atomic E-state index is 12.3. The second kappa shape index (κ2) is 7.38. The molecule has 0 radical (unpaired) electrons. The van der Waals surface area contributed by atoms with E-state index in [4.69, 9.17) is 46.4 Å². The number of hydrogen-bond donors (Lipinski definition) is 1. The maximum Gasteiger partial charge on any atom is 0.252 e. The van der Waals surface area contributed by atoms with Crippen molar-refractivity contribution in [3.63, 3.8) is 0 Å². The SMILES string of the molecule is O=C(NC(N1CCCCC1)C(Cl)(Cl)Cl)c1ccc(Cl)cc1. The first-order valence-corrected chi connectivity index (χ1v) is 8.26. The van der Waals surface area contributed by atoms with Gasteiger partial charge in [-0.3, -0.25) is 9.69 Å². The van der Waals surface area contributed by atoms with Crippen LogP contribution < -0.4 is 5.32 Å². The zero-order valence-electron chi connectivity index (χ0n) is 11.3. The van der Waals surface area contributed by atoms with E-state index in [2.05, 4.69) is 5.32 Å². The number of carbonyl (C=O) groups is 1. The molecule has 0 aromatic heterocycles. The van der Waals surface area contributed by atoms with Crippen molar-refractivity contribution in [2.24, 2.45) is 0 Å². The molecule has 1 aromatic rings. The fraction of sp³-hybridized carbons (Fsp3) is 0.500. The molecule has 1 aromatic carbocycles. The van der Waals surface area contributed by atoms with Crippen molar-refractivity contribution in [2.75, 3.05) is 13.1 Å². The molecule has 1 aliphatic rings. The van der Waals surface area contributed by atoms with E-state index in [0.29, 0.717) is 10.6 Å². The molecule has 3 nitrogen and oxygen atoms in total. The molecule has 7 heteroatoms. The lowest BCUT2D eigenvalue weighted by molar-refractivity contribution is 0.0819. The van der Waals surface area contributed by atoms with Crippen molar-refractivity contribution >= 4 is 52.3 Å². The van der Waals surface area contributed by atoms with E-state index in [9.17, 15) is 4.79 Å². The Morgan fingerprint density at radius 3 is 2.19 bits per heavy atom. The van der Waals surface area contributed by atoms with Gasteiger partial charge in [-0.2, -0.15) is 0 Å². The summed E-state index contributed by atoms with van der Waals surface area (Å²) >= 11 is 23.9. The van der Waals surface area contributed by atoms with Crippen LogP contribution in [0.25, 0.3) is 0 Å².